The fourth-order valence-corrected chi connectivity index (χ4v) is 1.87. The molecule has 88 valence electrons. The van der Waals surface area contributed by atoms with Crippen molar-refractivity contribution in [3.8, 4) is 0 Å². The molecule has 0 bridgehead atoms. The van der Waals surface area contributed by atoms with Gasteiger partial charge in [0, 0.05) is 12.1 Å². The van der Waals surface area contributed by atoms with Gasteiger partial charge in [-0.25, -0.2) is 13.6 Å². The number of halogens is 2. The summed E-state index contributed by atoms with van der Waals surface area (Å²) in [5, 5.41) is 13.7. The number of hydrogen-bond donors (Lipinski definition) is 3. The molecular formula is C9H16F2N2O2. The van der Waals surface area contributed by atoms with Gasteiger partial charge in [-0.05, 0) is 25.7 Å². The molecule has 6 heteroatoms. The van der Waals surface area contributed by atoms with Gasteiger partial charge < -0.3 is 15.7 Å². The first-order chi connectivity index (χ1) is 7.08. The molecule has 0 saturated heterocycles. The second kappa shape index (κ2) is 5.85. The SMILES string of the molecule is O=C(O)NC1CCC(NCC(F)F)CC1. The molecule has 3 N–H and O–H groups in total. The molecule has 1 rings (SSSR count). The fraction of sp³-hybridized carbons (Fsp3) is 0.889. The lowest BCUT2D eigenvalue weighted by molar-refractivity contribution is 0.136. The number of hydrogen-bond acceptors (Lipinski definition) is 2. The van der Waals surface area contributed by atoms with Crippen molar-refractivity contribution in [2.75, 3.05) is 6.54 Å². The molecular weight excluding hydrogens is 206 g/mol. The Morgan fingerprint density at radius 1 is 1.27 bits per heavy atom. The van der Waals surface area contributed by atoms with E-state index in [2.05, 4.69) is 10.6 Å². The molecule has 0 atom stereocenters. The van der Waals surface area contributed by atoms with E-state index >= 15 is 0 Å². The van der Waals surface area contributed by atoms with Gasteiger partial charge in [0.1, 0.15) is 0 Å². The molecule has 1 saturated carbocycles. The van der Waals surface area contributed by atoms with E-state index in [4.69, 9.17) is 5.11 Å². The van der Waals surface area contributed by atoms with Crippen LogP contribution in [0.4, 0.5) is 13.6 Å². The Labute approximate surface area is 87.0 Å². The van der Waals surface area contributed by atoms with Crippen molar-refractivity contribution in [2.24, 2.45) is 0 Å². The fourth-order valence-electron chi connectivity index (χ4n) is 1.87. The topological polar surface area (TPSA) is 61.4 Å². The Morgan fingerprint density at radius 3 is 2.27 bits per heavy atom. The number of nitrogens with one attached hydrogen (secondary N) is 2. The summed E-state index contributed by atoms with van der Waals surface area (Å²) in [6, 6.07) is 0.0814. The Kier molecular flexibility index (Phi) is 4.74. The van der Waals surface area contributed by atoms with E-state index in [1.807, 2.05) is 0 Å². The highest BCUT2D eigenvalue weighted by Crippen LogP contribution is 2.18. The minimum atomic E-state index is -2.32. The smallest absolute Gasteiger partial charge is 0.404 e. The van der Waals surface area contributed by atoms with E-state index in [1.54, 1.807) is 0 Å². The molecule has 1 fully saturated rings. The van der Waals surface area contributed by atoms with Crippen LogP contribution in [0.5, 0.6) is 0 Å². The molecule has 0 aromatic carbocycles. The van der Waals surface area contributed by atoms with Crippen molar-refractivity contribution < 1.29 is 18.7 Å². The number of carbonyl (C=O) groups is 1. The molecule has 0 aliphatic heterocycles. The Hall–Kier alpha value is -0.910. The van der Waals surface area contributed by atoms with Crippen LogP contribution in [0.15, 0.2) is 0 Å². The summed E-state index contributed by atoms with van der Waals surface area (Å²) in [6.07, 6.45) is -0.408. The molecule has 0 radical (unpaired) electrons. The van der Waals surface area contributed by atoms with Gasteiger partial charge in [-0.1, -0.05) is 0 Å². The summed E-state index contributed by atoms with van der Waals surface area (Å²) in [6.45, 7) is -0.276. The zero-order valence-corrected chi connectivity index (χ0v) is 8.38. The summed E-state index contributed by atoms with van der Waals surface area (Å²) in [5.41, 5.74) is 0. The summed E-state index contributed by atoms with van der Waals surface area (Å²) in [4.78, 5) is 10.3. The molecule has 0 heterocycles. The van der Waals surface area contributed by atoms with Crippen LogP contribution in [-0.4, -0.2) is 36.3 Å². The maximum absolute atomic E-state index is 11.9. The van der Waals surface area contributed by atoms with Crippen molar-refractivity contribution in [1.82, 2.24) is 10.6 Å². The lowest BCUT2D eigenvalue weighted by Crippen LogP contribution is -2.42. The lowest BCUT2D eigenvalue weighted by Gasteiger charge is -2.28. The van der Waals surface area contributed by atoms with Crippen molar-refractivity contribution in [3.05, 3.63) is 0 Å². The highest BCUT2D eigenvalue weighted by molar-refractivity contribution is 5.64. The van der Waals surface area contributed by atoms with Crippen LogP contribution in [0.1, 0.15) is 25.7 Å². The third kappa shape index (κ3) is 4.92. The minimum absolute atomic E-state index is 0.0212. The summed E-state index contributed by atoms with van der Waals surface area (Å²) in [5.74, 6) is 0. The molecule has 1 aliphatic carbocycles. The number of alkyl halides is 2. The molecule has 15 heavy (non-hydrogen) atoms. The molecule has 1 aliphatic rings. The van der Waals surface area contributed by atoms with Gasteiger partial charge >= 0.3 is 6.09 Å². The van der Waals surface area contributed by atoms with Crippen LogP contribution in [0.2, 0.25) is 0 Å². The van der Waals surface area contributed by atoms with Gasteiger partial charge in [-0.15, -0.1) is 0 Å². The van der Waals surface area contributed by atoms with E-state index < -0.39 is 12.5 Å². The van der Waals surface area contributed by atoms with E-state index in [9.17, 15) is 13.6 Å². The largest absolute Gasteiger partial charge is 0.465 e. The average molecular weight is 222 g/mol. The maximum atomic E-state index is 11.9. The summed E-state index contributed by atoms with van der Waals surface area (Å²) >= 11 is 0. The van der Waals surface area contributed by atoms with Crippen LogP contribution < -0.4 is 10.6 Å². The van der Waals surface area contributed by atoms with E-state index in [0.717, 1.165) is 12.8 Å². The lowest BCUT2D eigenvalue weighted by atomic mass is 9.91. The summed E-state index contributed by atoms with van der Waals surface area (Å²) < 4.78 is 23.8. The monoisotopic (exact) mass is 222 g/mol. The second-order valence-corrected chi connectivity index (χ2v) is 3.80. The van der Waals surface area contributed by atoms with Gasteiger partial charge in [0.25, 0.3) is 6.43 Å². The van der Waals surface area contributed by atoms with Crippen LogP contribution in [0, 0.1) is 0 Å². The standard InChI is InChI=1S/C9H16F2N2O2/c10-8(11)5-12-6-1-3-7(4-2-6)13-9(14)15/h6-8,12-13H,1-5H2,(H,14,15). The van der Waals surface area contributed by atoms with Gasteiger partial charge in [0.15, 0.2) is 0 Å². The van der Waals surface area contributed by atoms with E-state index in [-0.39, 0.29) is 18.6 Å². The zero-order chi connectivity index (χ0) is 11.3. The van der Waals surface area contributed by atoms with Gasteiger partial charge in [-0.2, -0.15) is 0 Å². The molecule has 4 nitrogen and oxygen atoms in total. The Morgan fingerprint density at radius 2 is 1.80 bits per heavy atom. The number of amides is 1. The quantitative estimate of drug-likeness (QED) is 0.674. The summed E-state index contributed by atoms with van der Waals surface area (Å²) in [7, 11) is 0. The second-order valence-electron chi connectivity index (χ2n) is 3.80. The van der Waals surface area contributed by atoms with Gasteiger partial charge in [-0.3, -0.25) is 0 Å². The average Bonchev–Trinajstić information content (AvgIpc) is 2.16. The van der Waals surface area contributed by atoms with E-state index in [0.29, 0.717) is 12.8 Å². The van der Waals surface area contributed by atoms with Crippen LogP contribution in [0.3, 0.4) is 0 Å². The van der Waals surface area contributed by atoms with Crippen LogP contribution >= 0.6 is 0 Å². The van der Waals surface area contributed by atoms with E-state index in [1.165, 1.54) is 0 Å². The number of rotatable bonds is 4. The first-order valence-electron chi connectivity index (χ1n) is 5.09. The van der Waals surface area contributed by atoms with Crippen LogP contribution in [0.25, 0.3) is 0 Å². The molecule has 0 spiro atoms. The molecule has 0 unspecified atom stereocenters. The highest BCUT2D eigenvalue weighted by atomic mass is 19.3. The van der Waals surface area contributed by atoms with Gasteiger partial charge in [0.05, 0.1) is 6.54 Å². The molecule has 1 amide bonds. The zero-order valence-electron chi connectivity index (χ0n) is 8.38. The number of carboxylic acid groups (broad SMARTS) is 1. The van der Waals surface area contributed by atoms with Crippen molar-refractivity contribution in [1.29, 1.82) is 0 Å². The third-order valence-electron chi connectivity index (χ3n) is 2.62. The first kappa shape index (κ1) is 12.2. The highest BCUT2D eigenvalue weighted by Gasteiger charge is 2.22. The normalized spacial score (nSPS) is 26.6. The molecule has 0 aromatic heterocycles. The molecule has 0 aromatic rings. The first-order valence-corrected chi connectivity index (χ1v) is 5.09. The van der Waals surface area contributed by atoms with Crippen molar-refractivity contribution in [3.63, 3.8) is 0 Å². The Bertz CT molecular complexity index is 206. The van der Waals surface area contributed by atoms with Gasteiger partial charge in [0.2, 0.25) is 0 Å². The van der Waals surface area contributed by atoms with Crippen molar-refractivity contribution >= 4 is 6.09 Å². The predicted octanol–water partition coefficient (Wildman–Crippen LogP) is 1.42. The predicted molar refractivity (Wildman–Crippen MR) is 51.2 cm³/mol. The maximum Gasteiger partial charge on any atom is 0.404 e. The third-order valence-corrected chi connectivity index (χ3v) is 2.62. The van der Waals surface area contributed by atoms with Crippen LogP contribution in [-0.2, 0) is 0 Å². The van der Waals surface area contributed by atoms with Crippen molar-refractivity contribution in [2.45, 2.75) is 44.2 Å². The Balaban J connectivity index is 2.15. The minimum Gasteiger partial charge on any atom is -0.465 e.